The van der Waals surface area contributed by atoms with E-state index < -0.39 is 0 Å². The molecule has 0 saturated carbocycles. The summed E-state index contributed by atoms with van der Waals surface area (Å²) < 4.78 is 0. The van der Waals surface area contributed by atoms with Crippen molar-refractivity contribution in [2.24, 2.45) is 0 Å². The van der Waals surface area contributed by atoms with E-state index in [1.807, 2.05) is 4.90 Å². The fraction of sp³-hybridized carbons (Fsp3) is 0.800. The van der Waals surface area contributed by atoms with Gasteiger partial charge in [-0.15, -0.1) is 0 Å². The van der Waals surface area contributed by atoms with Crippen LogP contribution in [0.4, 0.5) is 0 Å². The predicted octanol–water partition coefficient (Wildman–Crippen LogP) is -0.667. The van der Waals surface area contributed by atoms with Crippen LogP contribution < -0.4 is 10.6 Å². The second-order valence-electron chi connectivity index (χ2n) is 3.83. The summed E-state index contributed by atoms with van der Waals surface area (Å²) in [5.74, 6) is 0.142. The number of rotatable bonds is 3. The quantitative estimate of drug-likeness (QED) is 0.654. The molecular weight excluding hydrogens is 194 g/mol. The first-order chi connectivity index (χ1) is 7.13. The minimum absolute atomic E-state index is 0.00370. The Balaban J connectivity index is 2.20. The number of nitrogens with one attached hydrogen (secondary N) is 2. The lowest BCUT2D eigenvalue weighted by Gasteiger charge is -2.31. The van der Waals surface area contributed by atoms with Crippen LogP contribution in [0.1, 0.15) is 19.8 Å². The van der Waals surface area contributed by atoms with Gasteiger partial charge >= 0.3 is 0 Å². The first kappa shape index (κ1) is 12.0. The minimum atomic E-state index is 0.00370. The zero-order chi connectivity index (χ0) is 11.3. The summed E-state index contributed by atoms with van der Waals surface area (Å²) in [4.78, 5) is 23.9. The van der Waals surface area contributed by atoms with Crippen molar-refractivity contribution in [2.45, 2.75) is 25.8 Å². The highest BCUT2D eigenvalue weighted by atomic mass is 16.2. The average molecular weight is 213 g/mol. The summed E-state index contributed by atoms with van der Waals surface area (Å²) in [6.45, 7) is 3.54. The zero-order valence-electron chi connectivity index (χ0n) is 9.38. The van der Waals surface area contributed by atoms with Gasteiger partial charge in [-0.1, -0.05) is 0 Å². The summed E-state index contributed by atoms with van der Waals surface area (Å²) in [7, 11) is 1.63. The highest BCUT2D eigenvalue weighted by Gasteiger charge is 2.20. The van der Waals surface area contributed by atoms with Crippen molar-refractivity contribution in [3.8, 4) is 0 Å². The molecule has 0 spiro atoms. The van der Waals surface area contributed by atoms with Crippen molar-refractivity contribution in [1.29, 1.82) is 0 Å². The number of likely N-dealkylation sites (N-methyl/N-ethyl adjacent to an activating group) is 1. The Bertz CT molecular complexity index is 235. The van der Waals surface area contributed by atoms with Crippen molar-refractivity contribution >= 4 is 11.8 Å². The molecule has 0 aromatic rings. The average Bonchev–Trinajstić information content (AvgIpc) is 2.26. The van der Waals surface area contributed by atoms with E-state index in [0.717, 1.165) is 25.9 Å². The van der Waals surface area contributed by atoms with Crippen LogP contribution in [-0.4, -0.2) is 49.4 Å². The number of piperidine rings is 1. The summed E-state index contributed by atoms with van der Waals surface area (Å²) in [6.07, 6.45) is 1.85. The molecule has 86 valence electrons. The van der Waals surface area contributed by atoms with Gasteiger partial charge in [0.25, 0.3) is 0 Å². The summed E-state index contributed by atoms with van der Waals surface area (Å²) in [6, 6.07) is 0.359. The van der Waals surface area contributed by atoms with Crippen LogP contribution in [-0.2, 0) is 9.59 Å². The molecule has 0 unspecified atom stereocenters. The van der Waals surface area contributed by atoms with E-state index in [4.69, 9.17) is 0 Å². The molecule has 5 heteroatoms. The van der Waals surface area contributed by atoms with Crippen LogP contribution in [0.3, 0.4) is 0 Å². The van der Waals surface area contributed by atoms with Gasteiger partial charge < -0.3 is 15.5 Å². The van der Waals surface area contributed by atoms with E-state index in [9.17, 15) is 9.59 Å². The van der Waals surface area contributed by atoms with Crippen molar-refractivity contribution < 1.29 is 9.59 Å². The van der Waals surface area contributed by atoms with Crippen LogP contribution >= 0.6 is 0 Å². The molecule has 5 nitrogen and oxygen atoms in total. The van der Waals surface area contributed by atoms with Gasteiger partial charge in [-0.3, -0.25) is 9.59 Å². The molecule has 1 heterocycles. The third kappa shape index (κ3) is 3.87. The number of carbonyl (C=O) groups excluding carboxylic acids is 2. The van der Waals surface area contributed by atoms with Crippen LogP contribution in [0.15, 0.2) is 0 Å². The normalized spacial score (nSPS) is 17.6. The third-order valence-corrected chi connectivity index (χ3v) is 2.77. The Hall–Kier alpha value is -1.10. The van der Waals surface area contributed by atoms with Gasteiger partial charge in [-0.2, -0.15) is 0 Å². The molecule has 2 N–H and O–H groups in total. The monoisotopic (exact) mass is 213 g/mol. The fourth-order valence-corrected chi connectivity index (χ4v) is 1.72. The fourth-order valence-electron chi connectivity index (χ4n) is 1.72. The Kier molecular flexibility index (Phi) is 4.55. The topological polar surface area (TPSA) is 61.4 Å². The molecule has 0 aromatic heterocycles. The summed E-state index contributed by atoms with van der Waals surface area (Å²) in [5.41, 5.74) is 0. The highest BCUT2D eigenvalue weighted by molar-refractivity contribution is 5.77. The van der Waals surface area contributed by atoms with Crippen LogP contribution in [0.25, 0.3) is 0 Å². The van der Waals surface area contributed by atoms with Crippen molar-refractivity contribution in [2.75, 3.05) is 26.7 Å². The second-order valence-corrected chi connectivity index (χ2v) is 3.83. The van der Waals surface area contributed by atoms with E-state index >= 15 is 0 Å². The lowest BCUT2D eigenvalue weighted by molar-refractivity contribution is -0.130. The Labute approximate surface area is 90.2 Å². The SMILES string of the molecule is CNC(=O)CNC1CCN(C(C)=O)CC1. The lowest BCUT2D eigenvalue weighted by Crippen LogP contribution is -2.46. The van der Waals surface area contributed by atoms with E-state index in [-0.39, 0.29) is 11.8 Å². The first-order valence-electron chi connectivity index (χ1n) is 5.33. The number of hydrogen-bond acceptors (Lipinski definition) is 3. The smallest absolute Gasteiger partial charge is 0.233 e. The summed E-state index contributed by atoms with van der Waals surface area (Å²) >= 11 is 0. The zero-order valence-corrected chi connectivity index (χ0v) is 9.38. The number of likely N-dealkylation sites (tertiary alicyclic amines) is 1. The number of amides is 2. The van der Waals surface area contributed by atoms with Crippen LogP contribution in [0, 0.1) is 0 Å². The Morgan fingerprint density at radius 1 is 1.33 bits per heavy atom. The van der Waals surface area contributed by atoms with E-state index in [1.54, 1.807) is 14.0 Å². The standard InChI is InChI=1S/C10H19N3O2/c1-8(14)13-5-3-9(4-6-13)12-7-10(15)11-2/h9,12H,3-7H2,1-2H3,(H,11,15). The highest BCUT2D eigenvalue weighted by Crippen LogP contribution is 2.09. The molecule has 15 heavy (non-hydrogen) atoms. The Morgan fingerprint density at radius 3 is 2.40 bits per heavy atom. The van der Waals surface area contributed by atoms with Gasteiger partial charge in [0, 0.05) is 33.1 Å². The largest absolute Gasteiger partial charge is 0.358 e. The minimum Gasteiger partial charge on any atom is -0.358 e. The molecule has 1 aliphatic rings. The van der Waals surface area contributed by atoms with Crippen molar-refractivity contribution in [3.05, 3.63) is 0 Å². The van der Waals surface area contributed by atoms with Gasteiger partial charge in [-0.05, 0) is 12.8 Å². The lowest BCUT2D eigenvalue weighted by atomic mass is 10.1. The molecule has 0 bridgehead atoms. The maximum Gasteiger partial charge on any atom is 0.233 e. The maximum atomic E-state index is 11.1. The number of nitrogens with zero attached hydrogens (tertiary/aromatic N) is 1. The molecule has 0 atom stereocenters. The molecule has 0 aliphatic carbocycles. The summed E-state index contributed by atoms with van der Waals surface area (Å²) in [5, 5.41) is 5.75. The number of carbonyl (C=O) groups is 2. The molecule has 1 rings (SSSR count). The van der Waals surface area contributed by atoms with Crippen LogP contribution in [0.2, 0.25) is 0 Å². The molecule has 1 saturated heterocycles. The van der Waals surface area contributed by atoms with E-state index in [1.165, 1.54) is 0 Å². The molecule has 1 fully saturated rings. The van der Waals surface area contributed by atoms with Gasteiger partial charge in [0.1, 0.15) is 0 Å². The molecule has 0 aromatic carbocycles. The first-order valence-corrected chi connectivity index (χ1v) is 5.33. The van der Waals surface area contributed by atoms with E-state index in [2.05, 4.69) is 10.6 Å². The van der Waals surface area contributed by atoms with Gasteiger partial charge in [0.15, 0.2) is 0 Å². The molecule has 1 aliphatic heterocycles. The molecule has 0 radical (unpaired) electrons. The predicted molar refractivity (Wildman–Crippen MR) is 57.3 cm³/mol. The van der Waals surface area contributed by atoms with Crippen molar-refractivity contribution in [1.82, 2.24) is 15.5 Å². The van der Waals surface area contributed by atoms with Gasteiger partial charge in [0.05, 0.1) is 6.54 Å². The molecule has 2 amide bonds. The van der Waals surface area contributed by atoms with Gasteiger partial charge in [-0.25, -0.2) is 0 Å². The Morgan fingerprint density at radius 2 is 1.93 bits per heavy atom. The second kappa shape index (κ2) is 5.70. The van der Waals surface area contributed by atoms with Crippen molar-refractivity contribution in [3.63, 3.8) is 0 Å². The third-order valence-electron chi connectivity index (χ3n) is 2.77. The maximum absolute atomic E-state index is 11.1. The van der Waals surface area contributed by atoms with E-state index in [0.29, 0.717) is 12.6 Å². The van der Waals surface area contributed by atoms with Crippen LogP contribution in [0.5, 0.6) is 0 Å². The van der Waals surface area contributed by atoms with Gasteiger partial charge in [0.2, 0.25) is 11.8 Å². The number of hydrogen-bond donors (Lipinski definition) is 2. The molecular formula is C10H19N3O2.